The number of carbonyl (C=O) groups is 2. The lowest BCUT2D eigenvalue weighted by molar-refractivity contribution is -0.133. The van der Waals surface area contributed by atoms with Crippen molar-refractivity contribution in [3.8, 4) is 23.5 Å². The van der Waals surface area contributed by atoms with Crippen molar-refractivity contribution in [2.24, 2.45) is 5.73 Å². The molecule has 2 aliphatic rings. The number of aliphatic hydroxyl groups is 1. The van der Waals surface area contributed by atoms with Gasteiger partial charge < -0.3 is 10.8 Å². The summed E-state index contributed by atoms with van der Waals surface area (Å²) in [4.78, 5) is 22.9. The number of hydrogen-bond acceptors (Lipinski definition) is 4. The van der Waals surface area contributed by atoms with Crippen LogP contribution in [0, 0.1) is 12.3 Å². The van der Waals surface area contributed by atoms with Crippen LogP contribution in [0.15, 0.2) is 42.5 Å². The van der Waals surface area contributed by atoms with E-state index in [2.05, 4.69) is 30.2 Å². The van der Waals surface area contributed by atoms with E-state index in [9.17, 15) is 14.7 Å². The van der Waals surface area contributed by atoms with Gasteiger partial charge in [-0.05, 0) is 29.7 Å². The van der Waals surface area contributed by atoms with Crippen molar-refractivity contribution >= 4 is 11.8 Å². The maximum absolute atomic E-state index is 11.6. The molecule has 2 unspecified atom stereocenters. The molecule has 0 bridgehead atoms. The zero-order chi connectivity index (χ0) is 18.6. The van der Waals surface area contributed by atoms with Crippen molar-refractivity contribution in [2.75, 3.05) is 0 Å². The van der Waals surface area contributed by atoms with E-state index in [1.165, 1.54) is 41.7 Å². The Morgan fingerprint density at radius 3 is 2.04 bits per heavy atom. The van der Waals surface area contributed by atoms with Gasteiger partial charge in [0.1, 0.15) is 0 Å². The number of hydroxylamine groups is 1. The van der Waals surface area contributed by atoms with Crippen LogP contribution >= 0.6 is 0 Å². The highest BCUT2D eigenvalue weighted by Crippen LogP contribution is 2.29. The van der Waals surface area contributed by atoms with Crippen LogP contribution in [0.1, 0.15) is 34.3 Å². The lowest BCUT2D eigenvalue weighted by Gasteiger charge is -2.20. The molecule has 0 spiro atoms. The minimum Gasteiger partial charge on any atom is -0.392 e. The largest absolute Gasteiger partial charge is 0.392 e. The predicted molar refractivity (Wildman–Crippen MR) is 92.7 cm³/mol. The van der Waals surface area contributed by atoms with Gasteiger partial charge in [0.15, 0.2) is 0 Å². The van der Waals surface area contributed by atoms with Crippen LogP contribution in [0.25, 0.3) is 11.1 Å². The van der Waals surface area contributed by atoms with Crippen molar-refractivity contribution in [3.05, 3.63) is 59.2 Å². The molecule has 128 valence electrons. The number of nitrogens with one attached hydrogen (secondary N) is 1. The van der Waals surface area contributed by atoms with Crippen LogP contribution in [-0.2, 0) is 4.79 Å². The molecule has 0 radical (unpaired) electrons. The summed E-state index contributed by atoms with van der Waals surface area (Å²) in [6.45, 7) is 1.37. The van der Waals surface area contributed by atoms with Gasteiger partial charge in [-0.15, -0.1) is 6.42 Å². The summed E-state index contributed by atoms with van der Waals surface area (Å²) in [7, 11) is 0. The van der Waals surface area contributed by atoms with Gasteiger partial charge in [0, 0.05) is 5.56 Å². The van der Waals surface area contributed by atoms with Gasteiger partial charge in [-0.2, -0.15) is 0 Å². The van der Waals surface area contributed by atoms with E-state index in [4.69, 9.17) is 17.4 Å². The van der Waals surface area contributed by atoms with Crippen molar-refractivity contribution < 1.29 is 19.9 Å². The molecule has 0 fully saturated rings. The minimum atomic E-state index is -1.11. The summed E-state index contributed by atoms with van der Waals surface area (Å²) in [6, 6.07) is 12.9. The van der Waals surface area contributed by atoms with Gasteiger partial charge in [0.2, 0.25) is 5.91 Å². The van der Waals surface area contributed by atoms with E-state index < -0.39 is 23.8 Å². The number of primary amides is 1. The fraction of sp³-hybridized carbons (Fsp3) is 0.158. The third-order valence-corrected chi connectivity index (χ3v) is 3.93. The van der Waals surface area contributed by atoms with Crippen LogP contribution in [-0.4, -0.2) is 28.2 Å². The van der Waals surface area contributed by atoms with Crippen molar-refractivity contribution in [1.29, 1.82) is 0 Å². The van der Waals surface area contributed by atoms with Gasteiger partial charge in [0.25, 0.3) is 5.91 Å². The molecule has 6 heteroatoms. The Kier molecular flexibility index (Phi) is 5.55. The molecule has 3 rings (SSSR count). The molecule has 0 heterocycles. The van der Waals surface area contributed by atoms with Gasteiger partial charge in [-0.25, -0.2) is 5.48 Å². The summed E-state index contributed by atoms with van der Waals surface area (Å²) < 4.78 is 0. The molecular formula is C19H18N2O4. The van der Waals surface area contributed by atoms with Gasteiger partial charge in [-0.1, -0.05) is 42.3 Å². The van der Waals surface area contributed by atoms with E-state index >= 15 is 0 Å². The Morgan fingerprint density at radius 2 is 1.72 bits per heavy atom. The standard InChI is InChI=1S/C13H14N2O4.C6H4/c1-3-8-9(5-4-6-10(8)12(14)17)11(7(2)16)13(18)15-19;1-2-6-4-3-5(1)6/h1,4-7,11,16,19H,2H3,(H2,14,17)(H,15,18);1-4H. The fourth-order valence-corrected chi connectivity index (χ4v) is 2.55. The van der Waals surface area contributed by atoms with Crippen LogP contribution in [0.5, 0.6) is 0 Å². The first kappa shape index (κ1) is 18.2. The normalized spacial score (nSPS) is 12.7. The topological polar surface area (TPSA) is 113 Å². The molecule has 25 heavy (non-hydrogen) atoms. The monoisotopic (exact) mass is 338 g/mol. The summed E-state index contributed by atoms with van der Waals surface area (Å²) in [6.07, 6.45) is 4.23. The average Bonchev–Trinajstić information content (AvgIpc) is 2.57. The number of nitrogens with two attached hydrogens (primary N) is 1. The molecule has 0 saturated carbocycles. The van der Waals surface area contributed by atoms with E-state index in [0.29, 0.717) is 0 Å². The zero-order valence-electron chi connectivity index (χ0n) is 13.6. The Bertz CT molecular complexity index is 814. The third kappa shape index (κ3) is 3.69. The molecule has 0 aliphatic heterocycles. The maximum Gasteiger partial charge on any atom is 0.253 e. The molecule has 5 N–H and O–H groups in total. The number of fused-ring (bicyclic) bond motifs is 1. The van der Waals surface area contributed by atoms with Crippen molar-refractivity contribution in [1.82, 2.24) is 5.48 Å². The molecule has 2 amide bonds. The fourth-order valence-electron chi connectivity index (χ4n) is 2.55. The van der Waals surface area contributed by atoms with Gasteiger partial charge >= 0.3 is 0 Å². The molecule has 2 atom stereocenters. The molecule has 1 aromatic rings. The van der Waals surface area contributed by atoms with Crippen molar-refractivity contribution in [3.63, 3.8) is 0 Å². The summed E-state index contributed by atoms with van der Waals surface area (Å²) >= 11 is 0. The second kappa shape index (κ2) is 7.62. The first-order chi connectivity index (χ1) is 11.9. The van der Waals surface area contributed by atoms with E-state index in [1.807, 2.05) is 0 Å². The molecule has 6 nitrogen and oxygen atoms in total. The van der Waals surface area contributed by atoms with E-state index in [1.54, 1.807) is 0 Å². The van der Waals surface area contributed by atoms with Crippen LogP contribution < -0.4 is 11.2 Å². The molecule has 2 aliphatic carbocycles. The highest BCUT2D eigenvalue weighted by molar-refractivity contribution is 5.96. The lowest BCUT2D eigenvalue weighted by Crippen LogP contribution is -2.33. The van der Waals surface area contributed by atoms with Gasteiger partial charge in [-0.3, -0.25) is 14.8 Å². The number of carbonyl (C=O) groups excluding carboxylic acids is 2. The number of hydrogen-bond donors (Lipinski definition) is 4. The number of rotatable bonds is 4. The molecular weight excluding hydrogens is 320 g/mol. The Balaban J connectivity index is 0.000000306. The Hall–Kier alpha value is -3.14. The van der Waals surface area contributed by atoms with Crippen molar-refractivity contribution in [2.45, 2.75) is 18.9 Å². The molecule has 0 aromatic heterocycles. The second-order valence-corrected chi connectivity index (χ2v) is 5.55. The minimum absolute atomic E-state index is 0.0800. The number of terminal acetylenes is 1. The van der Waals surface area contributed by atoms with Crippen LogP contribution in [0.4, 0.5) is 0 Å². The van der Waals surface area contributed by atoms with Crippen LogP contribution in [0.3, 0.4) is 0 Å². The quantitative estimate of drug-likeness (QED) is 0.327. The number of amides is 2. The summed E-state index contributed by atoms with van der Waals surface area (Å²) in [5, 5.41) is 18.4. The number of aliphatic hydroxyl groups excluding tert-OH is 1. The Morgan fingerprint density at radius 1 is 1.16 bits per heavy atom. The Labute approximate surface area is 145 Å². The van der Waals surface area contributed by atoms with E-state index in [-0.39, 0.29) is 16.7 Å². The van der Waals surface area contributed by atoms with Gasteiger partial charge in [0.05, 0.1) is 17.6 Å². The highest BCUT2D eigenvalue weighted by Gasteiger charge is 2.28. The zero-order valence-corrected chi connectivity index (χ0v) is 13.6. The number of benzene rings is 2. The summed E-state index contributed by atoms with van der Waals surface area (Å²) in [5.74, 6) is -0.374. The first-order valence-corrected chi connectivity index (χ1v) is 7.52. The van der Waals surface area contributed by atoms with Crippen LogP contribution in [0.2, 0.25) is 0 Å². The smallest absolute Gasteiger partial charge is 0.253 e. The lowest BCUT2D eigenvalue weighted by atomic mass is 9.87. The molecule has 0 saturated heterocycles. The third-order valence-electron chi connectivity index (χ3n) is 3.93. The predicted octanol–water partition coefficient (Wildman–Crippen LogP) is 1.40. The highest BCUT2D eigenvalue weighted by atomic mass is 16.5. The maximum atomic E-state index is 11.6. The SMILES string of the molecule is C#Cc1c(C(N)=O)cccc1C(C(=O)NO)C(C)O.c1cc2ccc1-2. The average molecular weight is 338 g/mol. The van der Waals surface area contributed by atoms with E-state index in [0.717, 1.165) is 0 Å². The summed E-state index contributed by atoms with van der Waals surface area (Å²) in [5.41, 5.74) is 9.97. The second-order valence-electron chi connectivity index (χ2n) is 5.55. The first-order valence-electron chi connectivity index (χ1n) is 7.52. The molecule has 1 aromatic carbocycles.